The van der Waals surface area contributed by atoms with Crippen molar-refractivity contribution in [3.63, 3.8) is 0 Å². The Balaban J connectivity index is 1.76. The average molecular weight is 401 g/mol. The van der Waals surface area contributed by atoms with E-state index < -0.39 is 19.7 Å². The van der Waals surface area contributed by atoms with Crippen LogP contribution in [0.25, 0.3) is 0 Å². The van der Waals surface area contributed by atoms with Crippen LogP contribution in [0.1, 0.15) is 29.5 Å². The Morgan fingerprint density at radius 2 is 1.68 bits per heavy atom. The SMILES string of the molecule is CS(=O)(=O)c1ccc(S(=O)(=O)Cc2csc(C3CCNCC3)n2)cc1. The molecule has 6 nitrogen and oxygen atoms in total. The molecule has 0 radical (unpaired) electrons. The number of rotatable bonds is 5. The molecule has 3 rings (SSSR count). The average Bonchev–Trinajstić information content (AvgIpc) is 3.03. The van der Waals surface area contributed by atoms with Crippen molar-refractivity contribution >= 4 is 31.0 Å². The number of thiazole rings is 1. The quantitative estimate of drug-likeness (QED) is 0.825. The molecule has 0 saturated carbocycles. The molecule has 1 aliphatic heterocycles. The lowest BCUT2D eigenvalue weighted by Gasteiger charge is -2.20. The molecule has 0 amide bonds. The van der Waals surface area contributed by atoms with Gasteiger partial charge >= 0.3 is 0 Å². The summed E-state index contributed by atoms with van der Waals surface area (Å²) in [5.74, 6) is 0.226. The third kappa shape index (κ3) is 4.46. The number of nitrogens with zero attached hydrogens (tertiary/aromatic N) is 1. The second-order valence-electron chi connectivity index (χ2n) is 6.20. The van der Waals surface area contributed by atoms with Crippen molar-refractivity contribution in [3.05, 3.63) is 40.3 Å². The predicted octanol–water partition coefficient (Wildman–Crippen LogP) is 1.99. The van der Waals surface area contributed by atoms with E-state index in [1.54, 1.807) is 5.38 Å². The van der Waals surface area contributed by atoms with Gasteiger partial charge < -0.3 is 5.32 Å². The molecule has 1 fully saturated rings. The first-order valence-electron chi connectivity index (χ1n) is 7.93. The number of nitrogens with one attached hydrogen (secondary N) is 1. The summed E-state index contributed by atoms with van der Waals surface area (Å²) in [5, 5.41) is 6.11. The molecule has 0 atom stereocenters. The van der Waals surface area contributed by atoms with Crippen molar-refractivity contribution < 1.29 is 16.8 Å². The van der Waals surface area contributed by atoms with E-state index >= 15 is 0 Å². The van der Waals surface area contributed by atoms with Crippen molar-refractivity contribution in [2.24, 2.45) is 0 Å². The van der Waals surface area contributed by atoms with Crippen LogP contribution in [0.3, 0.4) is 0 Å². The lowest BCUT2D eigenvalue weighted by molar-refractivity contribution is 0.459. The highest BCUT2D eigenvalue weighted by Crippen LogP contribution is 2.29. The maximum absolute atomic E-state index is 12.6. The molecule has 9 heteroatoms. The van der Waals surface area contributed by atoms with Crippen molar-refractivity contribution in [3.8, 4) is 0 Å². The molecule has 2 aromatic rings. The minimum absolute atomic E-state index is 0.105. The van der Waals surface area contributed by atoms with Gasteiger partial charge in [0.05, 0.1) is 26.2 Å². The molecular formula is C16H20N2O4S3. The minimum Gasteiger partial charge on any atom is -0.317 e. The second-order valence-corrected chi connectivity index (χ2v) is 11.1. The van der Waals surface area contributed by atoms with Gasteiger partial charge in [0, 0.05) is 17.6 Å². The Morgan fingerprint density at radius 1 is 1.08 bits per heavy atom. The molecular weight excluding hydrogens is 380 g/mol. The van der Waals surface area contributed by atoms with Gasteiger partial charge in [-0.25, -0.2) is 21.8 Å². The first kappa shape index (κ1) is 18.5. The number of piperidine rings is 1. The van der Waals surface area contributed by atoms with Crippen LogP contribution >= 0.6 is 11.3 Å². The molecule has 1 aromatic carbocycles. The van der Waals surface area contributed by atoms with Gasteiger partial charge in [0.2, 0.25) is 0 Å². The molecule has 0 unspecified atom stereocenters. The van der Waals surface area contributed by atoms with Crippen LogP contribution in [0.15, 0.2) is 39.4 Å². The van der Waals surface area contributed by atoms with Crippen LogP contribution in [0.2, 0.25) is 0 Å². The van der Waals surface area contributed by atoms with Gasteiger partial charge in [-0.2, -0.15) is 0 Å². The zero-order chi connectivity index (χ0) is 18.1. The summed E-state index contributed by atoms with van der Waals surface area (Å²) in [6.07, 6.45) is 3.13. The van der Waals surface area contributed by atoms with Crippen LogP contribution < -0.4 is 5.32 Å². The molecule has 136 valence electrons. The Labute approximate surface area is 152 Å². The van der Waals surface area contributed by atoms with Gasteiger partial charge in [-0.15, -0.1) is 11.3 Å². The van der Waals surface area contributed by atoms with Crippen molar-refractivity contribution in [2.45, 2.75) is 34.3 Å². The summed E-state index contributed by atoms with van der Waals surface area (Å²) in [4.78, 5) is 4.73. The van der Waals surface area contributed by atoms with Crippen molar-refractivity contribution in [1.29, 1.82) is 0 Å². The van der Waals surface area contributed by atoms with E-state index in [1.807, 2.05) is 0 Å². The topological polar surface area (TPSA) is 93.2 Å². The summed E-state index contributed by atoms with van der Waals surface area (Å²) >= 11 is 1.52. The molecule has 0 bridgehead atoms. The minimum atomic E-state index is -3.56. The van der Waals surface area contributed by atoms with Crippen LogP contribution in [-0.4, -0.2) is 41.2 Å². The molecule has 1 aromatic heterocycles. The molecule has 25 heavy (non-hydrogen) atoms. The van der Waals surface area contributed by atoms with Crippen LogP contribution in [0, 0.1) is 0 Å². The Kier molecular flexibility index (Phi) is 5.29. The van der Waals surface area contributed by atoms with Crippen LogP contribution in [0.4, 0.5) is 0 Å². The van der Waals surface area contributed by atoms with E-state index in [1.165, 1.54) is 35.6 Å². The number of benzene rings is 1. The van der Waals surface area contributed by atoms with E-state index in [2.05, 4.69) is 10.3 Å². The fourth-order valence-electron chi connectivity index (χ4n) is 2.82. The van der Waals surface area contributed by atoms with Crippen molar-refractivity contribution in [1.82, 2.24) is 10.3 Å². The predicted molar refractivity (Wildman–Crippen MR) is 97.4 cm³/mol. The van der Waals surface area contributed by atoms with E-state index in [0.717, 1.165) is 37.2 Å². The molecule has 0 spiro atoms. The Morgan fingerprint density at radius 3 is 2.28 bits per heavy atom. The lowest BCUT2D eigenvalue weighted by atomic mass is 9.99. The van der Waals surface area contributed by atoms with Crippen LogP contribution in [-0.2, 0) is 25.4 Å². The fraction of sp³-hybridized carbons (Fsp3) is 0.438. The van der Waals surface area contributed by atoms with Gasteiger partial charge in [-0.3, -0.25) is 0 Å². The smallest absolute Gasteiger partial charge is 0.184 e. The molecule has 1 N–H and O–H groups in total. The van der Waals surface area contributed by atoms with E-state index in [9.17, 15) is 16.8 Å². The summed E-state index contributed by atoms with van der Waals surface area (Å²) < 4.78 is 48.1. The molecule has 2 heterocycles. The Bertz CT molecular complexity index is 942. The van der Waals surface area contributed by atoms with Gasteiger partial charge in [0.15, 0.2) is 19.7 Å². The van der Waals surface area contributed by atoms with E-state index in [-0.39, 0.29) is 15.5 Å². The molecule has 0 aliphatic carbocycles. The van der Waals surface area contributed by atoms with Gasteiger partial charge in [0.25, 0.3) is 0 Å². The number of hydrogen-bond donors (Lipinski definition) is 1. The lowest BCUT2D eigenvalue weighted by Crippen LogP contribution is -2.26. The molecule has 1 saturated heterocycles. The maximum atomic E-state index is 12.6. The van der Waals surface area contributed by atoms with Gasteiger partial charge in [-0.1, -0.05) is 0 Å². The van der Waals surface area contributed by atoms with E-state index in [0.29, 0.717) is 11.6 Å². The first-order chi connectivity index (χ1) is 11.8. The third-order valence-electron chi connectivity index (χ3n) is 4.21. The molecule has 1 aliphatic rings. The van der Waals surface area contributed by atoms with Crippen molar-refractivity contribution in [2.75, 3.05) is 19.3 Å². The Hall–Kier alpha value is -1.29. The monoisotopic (exact) mass is 400 g/mol. The zero-order valence-corrected chi connectivity index (χ0v) is 16.3. The standard InChI is InChI=1S/C16H20N2O4S3/c1-24(19,20)14-2-4-15(5-3-14)25(21,22)11-13-10-23-16(18-13)12-6-8-17-9-7-12/h2-5,10,12,17H,6-9,11H2,1H3. The summed E-state index contributed by atoms with van der Waals surface area (Å²) in [5.41, 5.74) is 0.547. The highest BCUT2D eigenvalue weighted by molar-refractivity contribution is 7.91. The summed E-state index contributed by atoms with van der Waals surface area (Å²) in [6.45, 7) is 1.93. The fourth-order valence-corrected chi connectivity index (χ4v) is 5.80. The summed E-state index contributed by atoms with van der Waals surface area (Å²) in [7, 11) is -6.90. The number of aromatic nitrogens is 1. The van der Waals surface area contributed by atoms with Gasteiger partial charge in [0.1, 0.15) is 0 Å². The van der Waals surface area contributed by atoms with E-state index in [4.69, 9.17) is 0 Å². The highest BCUT2D eigenvalue weighted by Gasteiger charge is 2.22. The normalized spacial score (nSPS) is 16.8. The largest absolute Gasteiger partial charge is 0.317 e. The zero-order valence-electron chi connectivity index (χ0n) is 13.8. The summed E-state index contributed by atoms with van der Waals surface area (Å²) in [6, 6.07) is 5.32. The van der Waals surface area contributed by atoms with Crippen LogP contribution in [0.5, 0.6) is 0 Å². The first-order valence-corrected chi connectivity index (χ1v) is 12.4. The number of hydrogen-bond acceptors (Lipinski definition) is 7. The number of sulfone groups is 2. The van der Waals surface area contributed by atoms with Gasteiger partial charge in [-0.05, 0) is 50.2 Å². The third-order valence-corrected chi connectivity index (χ3v) is 8.06. The second kappa shape index (κ2) is 7.14. The highest BCUT2D eigenvalue weighted by atomic mass is 32.2. The maximum Gasteiger partial charge on any atom is 0.184 e.